The predicted molar refractivity (Wildman–Crippen MR) is 97.1 cm³/mol. The summed E-state index contributed by atoms with van der Waals surface area (Å²) in [5.74, 6) is 0.476. The SMILES string of the molecule is CC[C@H](C)c1ccccc1NC(=O)C[n+]1ccc2c(c1)CCCC2. The van der Waals surface area contributed by atoms with Crippen molar-refractivity contribution in [2.24, 2.45) is 0 Å². The molecule has 1 heterocycles. The van der Waals surface area contributed by atoms with E-state index in [1.54, 1.807) is 0 Å². The number of amides is 1. The van der Waals surface area contributed by atoms with Gasteiger partial charge in [0.1, 0.15) is 0 Å². The molecule has 1 atom stereocenters. The fraction of sp³-hybridized carbons (Fsp3) is 0.429. The Morgan fingerprint density at radius 2 is 1.92 bits per heavy atom. The van der Waals surface area contributed by atoms with Crippen LogP contribution >= 0.6 is 0 Å². The minimum Gasteiger partial charge on any atom is -0.320 e. The second-order valence-corrected chi connectivity index (χ2v) is 6.82. The summed E-state index contributed by atoms with van der Waals surface area (Å²) in [5, 5.41) is 3.09. The van der Waals surface area contributed by atoms with Crippen molar-refractivity contribution in [1.29, 1.82) is 0 Å². The number of anilines is 1. The quantitative estimate of drug-likeness (QED) is 0.829. The molecule has 0 saturated carbocycles. The van der Waals surface area contributed by atoms with Crippen molar-refractivity contribution in [2.75, 3.05) is 5.32 Å². The first-order valence-electron chi connectivity index (χ1n) is 9.07. The average Bonchev–Trinajstić information content (AvgIpc) is 2.61. The number of benzene rings is 1. The van der Waals surface area contributed by atoms with Crippen molar-refractivity contribution in [3.8, 4) is 0 Å². The molecule has 1 aromatic heterocycles. The molecular weight excluding hydrogens is 296 g/mol. The van der Waals surface area contributed by atoms with Gasteiger partial charge < -0.3 is 5.32 Å². The van der Waals surface area contributed by atoms with Gasteiger partial charge in [-0.25, -0.2) is 0 Å². The van der Waals surface area contributed by atoms with E-state index in [0.717, 1.165) is 18.5 Å². The van der Waals surface area contributed by atoms with Gasteiger partial charge in [-0.05, 0) is 55.2 Å². The summed E-state index contributed by atoms with van der Waals surface area (Å²) in [6, 6.07) is 10.3. The lowest BCUT2D eigenvalue weighted by molar-refractivity contribution is -0.684. The number of nitrogens with one attached hydrogen (secondary N) is 1. The molecule has 0 radical (unpaired) electrons. The molecule has 126 valence electrons. The molecule has 1 aromatic carbocycles. The zero-order chi connectivity index (χ0) is 16.9. The summed E-state index contributed by atoms with van der Waals surface area (Å²) in [7, 11) is 0. The number of para-hydroxylation sites is 1. The van der Waals surface area contributed by atoms with Crippen molar-refractivity contribution < 1.29 is 9.36 Å². The van der Waals surface area contributed by atoms with Gasteiger partial charge in [-0.1, -0.05) is 32.0 Å². The van der Waals surface area contributed by atoms with Crippen molar-refractivity contribution in [3.63, 3.8) is 0 Å². The normalized spacial score (nSPS) is 14.8. The Morgan fingerprint density at radius 1 is 1.17 bits per heavy atom. The van der Waals surface area contributed by atoms with Crippen LogP contribution in [0.25, 0.3) is 0 Å². The van der Waals surface area contributed by atoms with E-state index in [1.807, 2.05) is 29.0 Å². The van der Waals surface area contributed by atoms with Crippen LogP contribution in [-0.4, -0.2) is 5.91 Å². The summed E-state index contributed by atoms with van der Waals surface area (Å²) in [6.45, 7) is 4.73. The fourth-order valence-corrected chi connectivity index (χ4v) is 3.43. The van der Waals surface area contributed by atoms with Crippen molar-refractivity contribution in [2.45, 2.75) is 58.4 Å². The van der Waals surface area contributed by atoms with Gasteiger partial charge in [0, 0.05) is 17.3 Å². The Kier molecular flexibility index (Phi) is 5.29. The van der Waals surface area contributed by atoms with E-state index in [4.69, 9.17) is 0 Å². The highest BCUT2D eigenvalue weighted by Gasteiger charge is 2.17. The lowest BCUT2D eigenvalue weighted by Gasteiger charge is -2.15. The number of aromatic nitrogens is 1. The molecular formula is C21H27N2O+. The van der Waals surface area contributed by atoms with Crippen molar-refractivity contribution in [3.05, 3.63) is 59.4 Å². The van der Waals surface area contributed by atoms with Gasteiger partial charge in [0.25, 0.3) is 5.91 Å². The number of carbonyl (C=O) groups excluding carboxylic acids is 1. The first-order valence-corrected chi connectivity index (χ1v) is 9.07. The summed E-state index contributed by atoms with van der Waals surface area (Å²) in [6.07, 6.45) is 10.1. The second-order valence-electron chi connectivity index (χ2n) is 6.82. The topological polar surface area (TPSA) is 33.0 Å². The van der Waals surface area contributed by atoms with Gasteiger partial charge >= 0.3 is 0 Å². The molecule has 1 N–H and O–H groups in total. The zero-order valence-corrected chi connectivity index (χ0v) is 14.7. The number of hydrogen-bond acceptors (Lipinski definition) is 1. The summed E-state index contributed by atoms with van der Waals surface area (Å²) in [4.78, 5) is 12.5. The highest BCUT2D eigenvalue weighted by Crippen LogP contribution is 2.26. The third-order valence-corrected chi connectivity index (χ3v) is 5.05. The molecule has 0 bridgehead atoms. The average molecular weight is 323 g/mol. The number of aryl methyl sites for hydroxylation is 2. The van der Waals surface area contributed by atoms with Crippen LogP contribution in [0.3, 0.4) is 0 Å². The van der Waals surface area contributed by atoms with Crippen molar-refractivity contribution in [1.82, 2.24) is 0 Å². The standard InChI is InChI=1S/C21H26N2O/c1-3-16(2)19-10-6-7-11-20(19)22-21(24)15-23-13-12-17-8-4-5-9-18(17)14-23/h6-7,10-14,16H,3-5,8-9,15H2,1-2H3/p+1/t16-/m0/s1. The van der Waals surface area contributed by atoms with Gasteiger partial charge in [-0.15, -0.1) is 0 Å². The lowest BCUT2D eigenvalue weighted by Crippen LogP contribution is -2.40. The monoisotopic (exact) mass is 323 g/mol. The number of pyridine rings is 1. The summed E-state index contributed by atoms with van der Waals surface area (Å²) < 4.78 is 2.01. The smallest absolute Gasteiger partial charge is 0.290 e. The molecule has 0 unspecified atom stereocenters. The molecule has 1 aliphatic rings. The van der Waals surface area contributed by atoms with Crippen LogP contribution in [0.4, 0.5) is 5.69 Å². The van der Waals surface area contributed by atoms with Gasteiger partial charge in [0.05, 0.1) is 0 Å². The molecule has 0 saturated heterocycles. The Bertz CT molecular complexity index is 724. The molecule has 1 aliphatic carbocycles. The molecule has 0 aliphatic heterocycles. The minimum atomic E-state index is 0.0338. The van der Waals surface area contributed by atoms with Crippen LogP contribution in [0, 0.1) is 0 Å². The van der Waals surface area contributed by atoms with Gasteiger partial charge in [0.2, 0.25) is 6.54 Å². The third-order valence-electron chi connectivity index (χ3n) is 5.05. The maximum atomic E-state index is 12.5. The molecule has 1 amide bonds. The molecule has 3 rings (SSSR count). The van der Waals surface area contributed by atoms with E-state index < -0.39 is 0 Å². The van der Waals surface area contributed by atoms with E-state index in [-0.39, 0.29) is 5.91 Å². The zero-order valence-electron chi connectivity index (χ0n) is 14.7. The third kappa shape index (κ3) is 3.84. The highest BCUT2D eigenvalue weighted by atomic mass is 16.1. The Balaban J connectivity index is 1.70. The van der Waals surface area contributed by atoms with Crippen LogP contribution in [0.1, 0.15) is 55.7 Å². The van der Waals surface area contributed by atoms with Gasteiger partial charge in [0.15, 0.2) is 12.4 Å². The summed E-state index contributed by atoms with van der Waals surface area (Å²) >= 11 is 0. The van der Waals surface area contributed by atoms with Gasteiger partial charge in [-0.3, -0.25) is 4.79 Å². The molecule has 0 spiro atoms. The van der Waals surface area contributed by atoms with Crippen LogP contribution in [0.2, 0.25) is 0 Å². The fourth-order valence-electron chi connectivity index (χ4n) is 3.43. The maximum Gasteiger partial charge on any atom is 0.290 e. The van der Waals surface area contributed by atoms with Crippen LogP contribution in [0.5, 0.6) is 0 Å². The van der Waals surface area contributed by atoms with E-state index in [0.29, 0.717) is 12.5 Å². The number of hydrogen-bond donors (Lipinski definition) is 1. The molecule has 3 heteroatoms. The summed E-state index contributed by atoms with van der Waals surface area (Å²) in [5.41, 5.74) is 5.00. The molecule has 3 nitrogen and oxygen atoms in total. The Hall–Kier alpha value is -2.16. The predicted octanol–water partition coefficient (Wildman–Crippen LogP) is 4.01. The number of rotatable bonds is 5. The van der Waals surface area contributed by atoms with E-state index in [1.165, 1.54) is 36.0 Å². The molecule has 0 fully saturated rings. The highest BCUT2D eigenvalue weighted by molar-refractivity contribution is 5.90. The Morgan fingerprint density at radius 3 is 2.71 bits per heavy atom. The minimum absolute atomic E-state index is 0.0338. The largest absolute Gasteiger partial charge is 0.320 e. The number of fused-ring (bicyclic) bond motifs is 1. The van der Waals surface area contributed by atoms with Crippen LogP contribution in [0.15, 0.2) is 42.7 Å². The van der Waals surface area contributed by atoms with E-state index >= 15 is 0 Å². The van der Waals surface area contributed by atoms with Gasteiger partial charge in [-0.2, -0.15) is 4.57 Å². The van der Waals surface area contributed by atoms with E-state index in [9.17, 15) is 4.79 Å². The molecule has 2 aromatic rings. The lowest BCUT2D eigenvalue weighted by atomic mass is 9.93. The maximum absolute atomic E-state index is 12.5. The number of carbonyl (C=O) groups is 1. The van der Waals surface area contributed by atoms with Crippen LogP contribution < -0.4 is 9.88 Å². The first kappa shape index (κ1) is 16.7. The number of nitrogens with zero attached hydrogens (tertiary/aromatic N) is 1. The molecule has 24 heavy (non-hydrogen) atoms. The Labute approximate surface area is 144 Å². The second kappa shape index (κ2) is 7.61. The first-order chi connectivity index (χ1) is 11.7. The van der Waals surface area contributed by atoms with Crippen LogP contribution in [-0.2, 0) is 24.2 Å². The van der Waals surface area contributed by atoms with Crippen molar-refractivity contribution >= 4 is 11.6 Å². The van der Waals surface area contributed by atoms with E-state index in [2.05, 4.69) is 37.5 Å².